The third kappa shape index (κ3) is 3.49. The van der Waals surface area contributed by atoms with E-state index in [2.05, 4.69) is 65.8 Å². The Bertz CT molecular complexity index is 578. The number of hydrogen-bond acceptors (Lipinski definition) is 0. The van der Waals surface area contributed by atoms with E-state index >= 15 is 0 Å². The average molecular weight is 344 g/mol. The van der Waals surface area contributed by atoms with E-state index in [9.17, 15) is 0 Å². The second kappa shape index (κ2) is 6.38. The van der Waals surface area contributed by atoms with Crippen molar-refractivity contribution in [2.75, 3.05) is 0 Å². The molecule has 0 atom stereocenters. The van der Waals surface area contributed by atoms with Gasteiger partial charge < -0.3 is 0 Å². The standard InChI is InChI=1S/C18H22AsP/c1-11-7-13(3)17(14(4)8-11)19-20-18-15(5)9-12(2)10-16(18)6/h7-10H,1-6H3. The molecule has 0 radical (unpaired) electrons. The summed E-state index contributed by atoms with van der Waals surface area (Å²) < 4.78 is 1.60. The molecule has 0 fully saturated rings. The van der Waals surface area contributed by atoms with Gasteiger partial charge in [-0.05, 0) is 0 Å². The van der Waals surface area contributed by atoms with Crippen molar-refractivity contribution < 1.29 is 0 Å². The molecule has 20 heavy (non-hydrogen) atoms. The van der Waals surface area contributed by atoms with Crippen LogP contribution in [-0.2, 0) is 0 Å². The quantitative estimate of drug-likeness (QED) is 0.570. The monoisotopic (exact) mass is 344 g/mol. The van der Waals surface area contributed by atoms with Crippen LogP contribution in [0.5, 0.6) is 0 Å². The molecule has 0 aliphatic heterocycles. The average Bonchev–Trinajstić information content (AvgIpc) is 2.30. The first-order valence-corrected chi connectivity index (χ1v) is 11.3. The van der Waals surface area contributed by atoms with E-state index in [1.807, 2.05) is 0 Å². The summed E-state index contributed by atoms with van der Waals surface area (Å²) in [6, 6.07) is 9.27. The molecule has 0 nitrogen and oxygen atoms in total. The summed E-state index contributed by atoms with van der Waals surface area (Å²) in [6.45, 7) is 14.9. The minimum atomic E-state index is 0.182. The van der Waals surface area contributed by atoms with Crippen molar-refractivity contribution in [3.8, 4) is 0 Å². The molecular formula is C18H22AsP. The van der Waals surface area contributed by atoms with Crippen LogP contribution >= 0.6 is 6.69 Å². The van der Waals surface area contributed by atoms with Crippen LogP contribution in [0.15, 0.2) is 24.3 Å². The van der Waals surface area contributed by atoms with Gasteiger partial charge >= 0.3 is 130 Å². The summed E-state index contributed by atoms with van der Waals surface area (Å²) in [6.07, 6.45) is 0. The van der Waals surface area contributed by atoms with Crippen molar-refractivity contribution in [2.24, 2.45) is 0 Å². The molecule has 0 bridgehead atoms. The molecular weight excluding hydrogens is 322 g/mol. The SMILES string of the molecule is Cc1cc(C)c(P=[As]c2c(C)cc(C)cc2C)c(C)c1. The van der Waals surface area contributed by atoms with Gasteiger partial charge in [-0.2, -0.15) is 0 Å². The van der Waals surface area contributed by atoms with Crippen LogP contribution in [0, 0.1) is 41.5 Å². The van der Waals surface area contributed by atoms with Crippen LogP contribution in [0.2, 0.25) is 0 Å². The first-order chi connectivity index (χ1) is 9.38. The zero-order chi connectivity index (χ0) is 14.9. The van der Waals surface area contributed by atoms with Crippen molar-refractivity contribution >= 4 is 31.2 Å². The Morgan fingerprint density at radius 1 is 0.650 bits per heavy atom. The van der Waals surface area contributed by atoms with E-state index in [0.717, 1.165) is 0 Å². The van der Waals surface area contributed by atoms with Gasteiger partial charge in [-0.3, -0.25) is 0 Å². The van der Waals surface area contributed by atoms with Gasteiger partial charge in [0.1, 0.15) is 0 Å². The molecule has 2 rings (SSSR count). The Morgan fingerprint density at radius 3 is 1.50 bits per heavy atom. The third-order valence-electron chi connectivity index (χ3n) is 3.52. The molecule has 2 heteroatoms. The van der Waals surface area contributed by atoms with E-state index in [1.54, 1.807) is 4.35 Å². The zero-order valence-corrected chi connectivity index (χ0v) is 16.0. The third-order valence-corrected chi connectivity index (χ3v) is 9.35. The number of benzene rings is 2. The van der Waals surface area contributed by atoms with Gasteiger partial charge in [0, 0.05) is 0 Å². The van der Waals surface area contributed by atoms with Gasteiger partial charge in [-0.25, -0.2) is 0 Å². The number of rotatable bonds is 2. The Hall–Kier alpha value is -0.702. The Labute approximate surface area is 130 Å². The Kier molecular flexibility index (Phi) is 5.00. The maximum absolute atomic E-state index is 2.32. The normalized spacial score (nSPS) is 11.3. The Morgan fingerprint density at radius 2 is 1.05 bits per heavy atom. The minimum absolute atomic E-state index is 0.182. The molecule has 0 amide bonds. The fraction of sp³-hybridized carbons (Fsp3) is 0.333. The maximum atomic E-state index is 2.32. The molecule has 0 unspecified atom stereocenters. The summed E-state index contributed by atoms with van der Waals surface area (Å²) >= 11 is 0.182. The summed E-state index contributed by atoms with van der Waals surface area (Å²) in [5.41, 5.74) is 8.58. The zero-order valence-electron chi connectivity index (χ0n) is 13.2. The van der Waals surface area contributed by atoms with E-state index in [1.165, 1.54) is 45.4 Å². The van der Waals surface area contributed by atoms with Crippen LogP contribution in [0.25, 0.3) is 0 Å². The van der Waals surface area contributed by atoms with Crippen LogP contribution in [0.3, 0.4) is 0 Å². The predicted molar refractivity (Wildman–Crippen MR) is 93.2 cm³/mol. The number of hydrogen-bond donors (Lipinski definition) is 0. The van der Waals surface area contributed by atoms with Crippen molar-refractivity contribution in [3.05, 3.63) is 57.6 Å². The topological polar surface area (TPSA) is 0 Å². The summed E-state index contributed by atoms with van der Waals surface area (Å²) in [5.74, 6) is 0. The van der Waals surface area contributed by atoms with Gasteiger partial charge in [0.25, 0.3) is 0 Å². The van der Waals surface area contributed by atoms with Crippen LogP contribution in [0.4, 0.5) is 0 Å². The molecule has 0 saturated heterocycles. The van der Waals surface area contributed by atoms with Gasteiger partial charge in [-0.1, -0.05) is 0 Å². The van der Waals surface area contributed by atoms with E-state index in [4.69, 9.17) is 0 Å². The molecule has 0 aliphatic rings. The number of aryl methyl sites for hydroxylation is 6. The molecule has 0 aromatic heterocycles. The van der Waals surface area contributed by atoms with Gasteiger partial charge in [0.05, 0.1) is 0 Å². The second-order valence-corrected chi connectivity index (χ2v) is 10.00. The summed E-state index contributed by atoms with van der Waals surface area (Å²) in [7, 11) is 0. The van der Waals surface area contributed by atoms with Crippen LogP contribution in [-0.4, -0.2) is 14.8 Å². The van der Waals surface area contributed by atoms with Crippen molar-refractivity contribution in [1.29, 1.82) is 0 Å². The summed E-state index contributed by atoms with van der Waals surface area (Å²) in [5, 5.41) is 1.54. The van der Waals surface area contributed by atoms with Gasteiger partial charge in [0.2, 0.25) is 0 Å². The van der Waals surface area contributed by atoms with Gasteiger partial charge in [0.15, 0.2) is 0 Å². The molecule has 0 saturated carbocycles. The van der Waals surface area contributed by atoms with Crippen molar-refractivity contribution in [1.82, 2.24) is 0 Å². The van der Waals surface area contributed by atoms with Crippen molar-refractivity contribution in [3.63, 3.8) is 0 Å². The Balaban J connectivity index is 2.45. The molecule has 104 valence electrons. The van der Waals surface area contributed by atoms with Crippen LogP contribution < -0.4 is 9.66 Å². The fourth-order valence-corrected chi connectivity index (χ4v) is 9.22. The molecule has 0 heterocycles. The van der Waals surface area contributed by atoms with E-state index in [0.29, 0.717) is 0 Å². The second-order valence-electron chi connectivity index (χ2n) is 5.69. The van der Waals surface area contributed by atoms with E-state index in [-0.39, 0.29) is 14.8 Å². The predicted octanol–water partition coefficient (Wildman–Crippen LogP) is 4.05. The molecule has 2 aromatic carbocycles. The molecule has 2 aromatic rings. The first-order valence-electron chi connectivity index (χ1n) is 6.96. The fourth-order valence-electron chi connectivity index (χ4n) is 2.76. The van der Waals surface area contributed by atoms with Crippen molar-refractivity contribution in [2.45, 2.75) is 41.5 Å². The molecule has 0 N–H and O–H groups in total. The van der Waals surface area contributed by atoms with E-state index < -0.39 is 0 Å². The first kappa shape index (κ1) is 15.7. The van der Waals surface area contributed by atoms with Crippen LogP contribution in [0.1, 0.15) is 33.4 Å². The molecule has 0 spiro atoms. The molecule has 0 aliphatic carbocycles. The van der Waals surface area contributed by atoms with Gasteiger partial charge in [-0.15, -0.1) is 0 Å². The summed E-state index contributed by atoms with van der Waals surface area (Å²) in [4.78, 5) is 0.